The lowest BCUT2D eigenvalue weighted by molar-refractivity contribution is 0.102. The zero-order valence-electron chi connectivity index (χ0n) is 10.6. The van der Waals surface area contributed by atoms with E-state index in [2.05, 4.69) is 10.3 Å². The lowest BCUT2D eigenvalue weighted by atomic mass is 10.2. The number of hydrogen-bond acceptors (Lipinski definition) is 5. The number of nitrogens with zero attached hydrogens (tertiary/aromatic N) is 1. The highest BCUT2D eigenvalue weighted by Gasteiger charge is 2.12. The summed E-state index contributed by atoms with van der Waals surface area (Å²) in [4.78, 5) is 17.3. The molecule has 0 fully saturated rings. The number of aryl methyl sites for hydroxylation is 2. The molecule has 0 radical (unpaired) electrons. The van der Waals surface area contributed by atoms with E-state index in [9.17, 15) is 15.0 Å². The maximum atomic E-state index is 12.0. The summed E-state index contributed by atoms with van der Waals surface area (Å²) in [5, 5.41) is 21.9. The maximum absolute atomic E-state index is 12.0. The molecule has 3 N–H and O–H groups in total. The molecule has 0 aliphatic rings. The van der Waals surface area contributed by atoms with E-state index in [1.807, 2.05) is 13.8 Å². The molecule has 1 heterocycles. The smallest absolute Gasteiger partial charge is 0.257 e. The topological polar surface area (TPSA) is 82.5 Å². The van der Waals surface area contributed by atoms with Gasteiger partial charge in [0.25, 0.3) is 5.91 Å². The van der Waals surface area contributed by atoms with E-state index in [1.54, 1.807) is 0 Å². The molecule has 5 nitrogen and oxygen atoms in total. The summed E-state index contributed by atoms with van der Waals surface area (Å²) in [6.45, 7) is 3.95. The molecule has 0 saturated carbocycles. The van der Waals surface area contributed by atoms with Crippen LogP contribution in [0.15, 0.2) is 18.2 Å². The van der Waals surface area contributed by atoms with Crippen LogP contribution in [0.2, 0.25) is 0 Å². The summed E-state index contributed by atoms with van der Waals surface area (Å²) in [6, 6.07) is 3.74. The highest BCUT2D eigenvalue weighted by molar-refractivity contribution is 7.15. The fraction of sp³-hybridized carbons (Fsp3) is 0.231. The number of phenols is 2. The predicted octanol–water partition coefficient (Wildman–Crippen LogP) is 2.68. The van der Waals surface area contributed by atoms with Gasteiger partial charge in [-0.15, -0.1) is 11.3 Å². The van der Waals surface area contributed by atoms with E-state index in [-0.39, 0.29) is 17.1 Å². The normalized spacial score (nSPS) is 10.4. The number of carbonyl (C=O) groups is 1. The minimum absolute atomic E-state index is 0.158. The second-order valence-corrected chi connectivity index (χ2v) is 5.27. The number of hydrogen-bond donors (Lipinski definition) is 3. The van der Waals surface area contributed by atoms with E-state index in [1.165, 1.54) is 29.5 Å². The largest absolute Gasteiger partial charge is 0.508 e. The third-order valence-electron chi connectivity index (χ3n) is 2.61. The van der Waals surface area contributed by atoms with Crippen molar-refractivity contribution in [3.05, 3.63) is 34.3 Å². The van der Waals surface area contributed by atoms with Crippen molar-refractivity contribution in [3.8, 4) is 11.5 Å². The van der Waals surface area contributed by atoms with Crippen LogP contribution in [0.1, 0.15) is 27.9 Å². The molecule has 6 heteroatoms. The van der Waals surface area contributed by atoms with Crippen LogP contribution in [0, 0.1) is 6.92 Å². The van der Waals surface area contributed by atoms with Crippen LogP contribution >= 0.6 is 11.3 Å². The number of anilines is 1. The van der Waals surface area contributed by atoms with E-state index >= 15 is 0 Å². The Morgan fingerprint density at radius 3 is 2.47 bits per heavy atom. The summed E-state index contributed by atoms with van der Waals surface area (Å²) in [5.74, 6) is -0.730. The molecule has 0 aliphatic heterocycles. The molecule has 1 aromatic heterocycles. The van der Waals surface area contributed by atoms with Crippen LogP contribution in [-0.4, -0.2) is 21.1 Å². The third kappa shape index (κ3) is 3.03. The number of phenolic OH excluding ortho intramolecular Hbond substituents is 2. The number of thiazole rings is 1. The first-order valence-electron chi connectivity index (χ1n) is 5.80. The SMILES string of the molecule is CCc1nc(NC(=O)c2cc(O)cc(O)c2)sc1C. The van der Waals surface area contributed by atoms with Crippen molar-refractivity contribution in [2.24, 2.45) is 0 Å². The summed E-state index contributed by atoms with van der Waals surface area (Å²) in [6.07, 6.45) is 0.811. The van der Waals surface area contributed by atoms with Crippen LogP contribution in [0.3, 0.4) is 0 Å². The standard InChI is InChI=1S/C13H14N2O3S/c1-3-11-7(2)19-13(14-11)15-12(18)8-4-9(16)6-10(17)5-8/h4-6,16-17H,3H2,1-2H3,(H,14,15,18). The van der Waals surface area contributed by atoms with Gasteiger partial charge in [-0.3, -0.25) is 10.1 Å². The second-order valence-electron chi connectivity index (χ2n) is 4.07. The van der Waals surface area contributed by atoms with Gasteiger partial charge in [-0.2, -0.15) is 0 Å². The first-order valence-corrected chi connectivity index (χ1v) is 6.62. The van der Waals surface area contributed by atoms with E-state index in [0.29, 0.717) is 5.13 Å². The van der Waals surface area contributed by atoms with E-state index < -0.39 is 5.91 Å². The Hall–Kier alpha value is -2.08. The first-order chi connectivity index (χ1) is 8.99. The third-order valence-corrected chi connectivity index (χ3v) is 3.54. The Balaban J connectivity index is 2.20. The van der Waals surface area contributed by atoms with Crippen molar-refractivity contribution < 1.29 is 15.0 Å². The zero-order valence-corrected chi connectivity index (χ0v) is 11.4. The van der Waals surface area contributed by atoms with Gasteiger partial charge in [0.05, 0.1) is 5.69 Å². The fourth-order valence-electron chi connectivity index (χ4n) is 1.71. The molecule has 0 unspecified atom stereocenters. The minimum atomic E-state index is -0.414. The highest BCUT2D eigenvalue weighted by atomic mass is 32.1. The molecule has 100 valence electrons. The molecule has 0 bridgehead atoms. The van der Waals surface area contributed by atoms with Gasteiger partial charge in [-0.1, -0.05) is 6.92 Å². The Kier molecular flexibility index (Phi) is 3.71. The monoisotopic (exact) mass is 278 g/mol. The Bertz CT molecular complexity index is 602. The van der Waals surface area contributed by atoms with Crippen molar-refractivity contribution in [2.45, 2.75) is 20.3 Å². The number of amides is 1. The summed E-state index contributed by atoms with van der Waals surface area (Å²) < 4.78 is 0. The van der Waals surface area contributed by atoms with Gasteiger partial charge >= 0.3 is 0 Å². The van der Waals surface area contributed by atoms with Crippen molar-refractivity contribution in [1.29, 1.82) is 0 Å². The van der Waals surface area contributed by atoms with Gasteiger partial charge in [0.1, 0.15) is 11.5 Å². The highest BCUT2D eigenvalue weighted by Crippen LogP contribution is 2.24. The molecule has 1 aromatic carbocycles. The molecule has 19 heavy (non-hydrogen) atoms. The average molecular weight is 278 g/mol. The van der Waals surface area contributed by atoms with Gasteiger partial charge < -0.3 is 10.2 Å². The number of aromatic nitrogens is 1. The summed E-state index contributed by atoms with van der Waals surface area (Å²) in [5.41, 5.74) is 1.14. The molecule has 0 atom stereocenters. The molecule has 0 aliphatic carbocycles. The van der Waals surface area contributed by atoms with E-state index in [0.717, 1.165) is 17.0 Å². The number of carbonyl (C=O) groups excluding carboxylic acids is 1. The van der Waals surface area contributed by atoms with Crippen LogP contribution in [0.4, 0.5) is 5.13 Å². The number of nitrogens with one attached hydrogen (secondary N) is 1. The molecular weight excluding hydrogens is 264 g/mol. The van der Waals surface area contributed by atoms with Crippen LogP contribution in [0.5, 0.6) is 11.5 Å². The number of benzene rings is 1. The van der Waals surface area contributed by atoms with Gasteiger partial charge in [0.15, 0.2) is 5.13 Å². The molecular formula is C13H14N2O3S. The van der Waals surface area contributed by atoms with Crippen molar-refractivity contribution >= 4 is 22.4 Å². The van der Waals surface area contributed by atoms with Crippen LogP contribution in [-0.2, 0) is 6.42 Å². The Morgan fingerprint density at radius 1 is 1.32 bits per heavy atom. The molecule has 0 saturated heterocycles. The Labute approximate surface area is 114 Å². The van der Waals surface area contributed by atoms with Gasteiger partial charge in [0, 0.05) is 16.5 Å². The quantitative estimate of drug-likeness (QED) is 0.806. The van der Waals surface area contributed by atoms with Crippen LogP contribution < -0.4 is 5.32 Å². The van der Waals surface area contributed by atoms with Gasteiger partial charge in [0.2, 0.25) is 0 Å². The second kappa shape index (κ2) is 5.27. The molecule has 1 amide bonds. The average Bonchev–Trinajstić information content (AvgIpc) is 2.68. The maximum Gasteiger partial charge on any atom is 0.257 e. The van der Waals surface area contributed by atoms with Gasteiger partial charge in [-0.05, 0) is 25.5 Å². The molecule has 0 spiro atoms. The summed E-state index contributed by atoms with van der Waals surface area (Å²) >= 11 is 1.40. The summed E-state index contributed by atoms with van der Waals surface area (Å²) in [7, 11) is 0. The van der Waals surface area contributed by atoms with E-state index in [4.69, 9.17) is 0 Å². The molecule has 2 aromatic rings. The number of aromatic hydroxyl groups is 2. The zero-order chi connectivity index (χ0) is 14.0. The van der Waals surface area contributed by atoms with Gasteiger partial charge in [-0.25, -0.2) is 4.98 Å². The predicted molar refractivity (Wildman–Crippen MR) is 74.0 cm³/mol. The lowest BCUT2D eigenvalue weighted by Gasteiger charge is -2.03. The lowest BCUT2D eigenvalue weighted by Crippen LogP contribution is -2.11. The van der Waals surface area contributed by atoms with Crippen LogP contribution in [0.25, 0.3) is 0 Å². The first kappa shape index (κ1) is 13.4. The van der Waals surface area contributed by atoms with Crippen molar-refractivity contribution in [3.63, 3.8) is 0 Å². The Morgan fingerprint density at radius 2 is 1.95 bits per heavy atom. The minimum Gasteiger partial charge on any atom is -0.508 e. The number of rotatable bonds is 3. The van der Waals surface area contributed by atoms with Crippen molar-refractivity contribution in [1.82, 2.24) is 4.98 Å². The molecule has 2 rings (SSSR count). The fourth-order valence-corrected chi connectivity index (χ4v) is 2.60. The van der Waals surface area contributed by atoms with Crippen molar-refractivity contribution in [2.75, 3.05) is 5.32 Å².